The smallest absolute Gasteiger partial charge is 0.306 e. The van der Waals surface area contributed by atoms with E-state index < -0.39 is 6.10 Å². The number of hydrogen-bond acceptors (Lipinski definition) is 3. The van der Waals surface area contributed by atoms with Crippen molar-refractivity contribution in [1.82, 2.24) is 5.32 Å². The van der Waals surface area contributed by atoms with Crippen molar-refractivity contribution in [2.75, 3.05) is 0 Å². The van der Waals surface area contributed by atoms with Crippen LogP contribution in [0.1, 0.15) is 51.0 Å². The minimum atomic E-state index is -0.765. The minimum Gasteiger partial charge on any atom is -0.453 e. The SMILES string of the molecule is CC(OC(=O)CC1CCCCC1)C(=O)NCc1ccc(Cl)cc1. The Labute approximate surface area is 142 Å². The van der Waals surface area contributed by atoms with Crippen molar-refractivity contribution in [1.29, 1.82) is 0 Å². The van der Waals surface area contributed by atoms with Crippen LogP contribution in [0.4, 0.5) is 0 Å². The molecule has 23 heavy (non-hydrogen) atoms. The molecule has 1 unspecified atom stereocenters. The summed E-state index contributed by atoms with van der Waals surface area (Å²) in [6, 6.07) is 7.25. The van der Waals surface area contributed by atoms with Crippen LogP contribution in [0.15, 0.2) is 24.3 Å². The average Bonchev–Trinajstić information content (AvgIpc) is 2.54. The summed E-state index contributed by atoms with van der Waals surface area (Å²) < 4.78 is 5.25. The quantitative estimate of drug-likeness (QED) is 0.802. The summed E-state index contributed by atoms with van der Waals surface area (Å²) in [6.07, 6.45) is 5.48. The Balaban J connectivity index is 1.71. The first-order chi connectivity index (χ1) is 11.0. The van der Waals surface area contributed by atoms with Crippen LogP contribution in [0.5, 0.6) is 0 Å². The number of rotatable bonds is 6. The second-order valence-electron chi connectivity index (χ2n) is 6.18. The number of hydrogen-bond donors (Lipinski definition) is 1. The van der Waals surface area contributed by atoms with Crippen LogP contribution < -0.4 is 5.32 Å². The number of esters is 1. The molecule has 1 atom stereocenters. The molecule has 0 bridgehead atoms. The lowest BCUT2D eigenvalue weighted by atomic mass is 9.87. The molecule has 5 heteroatoms. The lowest BCUT2D eigenvalue weighted by molar-refractivity contribution is -0.156. The number of carbonyl (C=O) groups excluding carboxylic acids is 2. The number of ether oxygens (including phenoxy) is 1. The monoisotopic (exact) mass is 337 g/mol. The minimum absolute atomic E-state index is 0.272. The van der Waals surface area contributed by atoms with Crippen LogP contribution in [0.2, 0.25) is 5.02 Å². The van der Waals surface area contributed by atoms with E-state index in [0.29, 0.717) is 23.9 Å². The number of halogens is 1. The summed E-state index contributed by atoms with van der Waals surface area (Å²) >= 11 is 5.82. The van der Waals surface area contributed by atoms with Crippen molar-refractivity contribution >= 4 is 23.5 Å². The molecule has 1 aromatic rings. The first kappa shape index (κ1) is 17.8. The van der Waals surface area contributed by atoms with Crippen molar-refractivity contribution < 1.29 is 14.3 Å². The first-order valence-electron chi connectivity index (χ1n) is 8.26. The van der Waals surface area contributed by atoms with E-state index in [9.17, 15) is 9.59 Å². The van der Waals surface area contributed by atoms with Crippen molar-refractivity contribution in [2.45, 2.75) is 58.1 Å². The third-order valence-electron chi connectivity index (χ3n) is 4.24. The van der Waals surface area contributed by atoms with Gasteiger partial charge in [0.1, 0.15) is 0 Å². The molecular weight excluding hydrogens is 314 g/mol. The molecule has 1 aliphatic carbocycles. The molecule has 126 valence electrons. The molecule has 1 fully saturated rings. The van der Waals surface area contributed by atoms with Crippen molar-refractivity contribution in [2.24, 2.45) is 5.92 Å². The fraction of sp³-hybridized carbons (Fsp3) is 0.556. The van der Waals surface area contributed by atoms with E-state index in [0.717, 1.165) is 18.4 Å². The Morgan fingerprint density at radius 2 is 1.87 bits per heavy atom. The molecule has 1 saturated carbocycles. The molecule has 1 N–H and O–H groups in total. The Morgan fingerprint density at radius 1 is 1.22 bits per heavy atom. The zero-order chi connectivity index (χ0) is 16.7. The Kier molecular flexibility index (Phi) is 6.90. The molecular formula is C18H24ClNO3. The van der Waals surface area contributed by atoms with Gasteiger partial charge in [0.15, 0.2) is 6.10 Å². The molecule has 2 rings (SSSR count). The van der Waals surface area contributed by atoms with Crippen LogP contribution in [-0.4, -0.2) is 18.0 Å². The van der Waals surface area contributed by atoms with E-state index in [1.54, 1.807) is 19.1 Å². The fourth-order valence-corrected chi connectivity index (χ4v) is 2.99. The van der Waals surface area contributed by atoms with Crippen LogP contribution in [-0.2, 0) is 20.9 Å². The van der Waals surface area contributed by atoms with Gasteiger partial charge in [-0.3, -0.25) is 9.59 Å². The molecule has 1 amide bonds. The highest BCUT2D eigenvalue weighted by molar-refractivity contribution is 6.30. The maximum atomic E-state index is 12.0. The lowest BCUT2D eigenvalue weighted by Crippen LogP contribution is -2.35. The largest absolute Gasteiger partial charge is 0.453 e. The number of amides is 1. The molecule has 0 heterocycles. The zero-order valence-electron chi connectivity index (χ0n) is 13.5. The molecule has 4 nitrogen and oxygen atoms in total. The van der Waals surface area contributed by atoms with Gasteiger partial charge in [-0.25, -0.2) is 0 Å². The molecule has 0 radical (unpaired) electrons. The standard InChI is InChI=1S/C18H24ClNO3/c1-13(23-17(21)11-14-5-3-2-4-6-14)18(22)20-12-15-7-9-16(19)10-8-15/h7-10,13-14H,2-6,11-12H2,1H3,(H,20,22). The van der Waals surface area contributed by atoms with Gasteiger partial charge in [0.05, 0.1) is 0 Å². The molecule has 0 aromatic heterocycles. The predicted molar refractivity (Wildman–Crippen MR) is 90.0 cm³/mol. The van der Waals surface area contributed by atoms with Gasteiger partial charge in [-0.2, -0.15) is 0 Å². The highest BCUT2D eigenvalue weighted by atomic mass is 35.5. The average molecular weight is 338 g/mol. The highest BCUT2D eigenvalue weighted by Gasteiger charge is 2.22. The van der Waals surface area contributed by atoms with E-state index in [2.05, 4.69) is 5.32 Å². The van der Waals surface area contributed by atoms with Crippen molar-refractivity contribution in [3.05, 3.63) is 34.9 Å². The third-order valence-corrected chi connectivity index (χ3v) is 4.49. The maximum absolute atomic E-state index is 12.0. The van der Waals surface area contributed by atoms with E-state index in [4.69, 9.17) is 16.3 Å². The normalized spacial score (nSPS) is 16.6. The van der Waals surface area contributed by atoms with Gasteiger partial charge in [0, 0.05) is 18.0 Å². The van der Waals surface area contributed by atoms with Gasteiger partial charge in [0.25, 0.3) is 5.91 Å². The van der Waals surface area contributed by atoms with Gasteiger partial charge in [-0.05, 0) is 43.4 Å². The number of carbonyl (C=O) groups is 2. The molecule has 1 aliphatic rings. The number of benzene rings is 1. The van der Waals surface area contributed by atoms with Crippen molar-refractivity contribution in [3.8, 4) is 0 Å². The number of nitrogens with one attached hydrogen (secondary N) is 1. The summed E-state index contributed by atoms with van der Waals surface area (Å²) in [7, 11) is 0. The molecule has 0 aliphatic heterocycles. The first-order valence-corrected chi connectivity index (χ1v) is 8.64. The van der Waals surface area contributed by atoms with Gasteiger partial charge in [0.2, 0.25) is 0 Å². The van der Waals surface area contributed by atoms with E-state index in [1.165, 1.54) is 19.3 Å². The van der Waals surface area contributed by atoms with Gasteiger partial charge < -0.3 is 10.1 Å². The Morgan fingerprint density at radius 3 is 2.52 bits per heavy atom. The Hall–Kier alpha value is -1.55. The third kappa shape index (κ3) is 6.22. The van der Waals surface area contributed by atoms with Crippen LogP contribution in [0.25, 0.3) is 0 Å². The molecule has 1 aromatic carbocycles. The lowest BCUT2D eigenvalue weighted by Gasteiger charge is -2.21. The van der Waals surface area contributed by atoms with E-state index >= 15 is 0 Å². The zero-order valence-corrected chi connectivity index (χ0v) is 14.3. The van der Waals surface area contributed by atoms with Gasteiger partial charge in [-0.1, -0.05) is 43.0 Å². The van der Waals surface area contributed by atoms with Crippen LogP contribution in [0.3, 0.4) is 0 Å². The maximum Gasteiger partial charge on any atom is 0.306 e. The second kappa shape index (κ2) is 8.92. The van der Waals surface area contributed by atoms with E-state index in [1.807, 2.05) is 12.1 Å². The van der Waals surface area contributed by atoms with E-state index in [-0.39, 0.29) is 11.9 Å². The Bertz CT molecular complexity index is 524. The summed E-state index contributed by atoms with van der Waals surface area (Å²) in [4.78, 5) is 23.9. The van der Waals surface area contributed by atoms with Crippen molar-refractivity contribution in [3.63, 3.8) is 0 Å². The molecule has 0 spiro atoms. The topological polar surface area (TPSA) is 55.4 Å². The van der Waals surface area contributed by atoms with Gasteiger partial charge in [-0.15, -0.1) is 0 Å². The second-order valence-corrected chi connectivity index (χ2v) is 6.62. The van der Waals surface area contributed by atoms with Crippen LogP contribution >= 0.6 is 11.6 Å². The highest BCUT2D eigenvalue weighted by Crippen LogP contribution is 2.26. The molecule has 0 saturated heterocycles. The summed E-state index contributed by atoms with van der Waals surface area (Å²) in [5.41, 5.74) is 0.948. The fourth-order valence-electron chi connectivity index (χ4n) is 2.86. The van der Waals surface area contributed by atoms with Crippen LogP contribution in [0, 0.1) is 5.92 Å². The van der Waals surface area contributed by atoms with Gasteiger partial charge >= 0.3 is 5.97 Å². The summed E-state index contributed by atoms with van der Waals surface area (Å²) in [5.74, 6) is -0.136. The predicted octanol–water partition coefficient (Wildman–Crippen LogP) is 3.86. The summed E-state index contributed by atoms with van der Waals surface area (Å²) in [6.45, 7) is 2.00. The summed E-state index contributed by atoms with van der Waals surface area (Å²) in [5, 5.41) is 3.43.